The van der Waals surface area contributed by atoms with Gasteiger partial charge in [-0.25, -0.2) is 14.8 Å². The third kappa shape index (κ3) is 4.02. The monoisotopic (exact) mass is 528 g/mol. The number of ether oxygens (including phenoxy) is 1. The molecule has 0 saturated carbocycles. The van der Waals surface area contributed by atoms with Crippen molar-refractivity contribution in [3.8, 4) is 5.75 Å². The summed E-state index contributed by atoms with van der Waals surface area (Å²) >= 11 is 6.00. The fourth-order valence-corrected chi connectivity index (χ4v) is 4.99. The first kappa shape index (κ1) is 23.9. The molecule has 2 saturated heterocycles. The minimum Gasteiger partial charge on any atom is -0.422 e. The van der Waals surface area contributed by atoms with Crippen LogP contribution in [0.5, 0.6) is 5.75 Å². The number of hydroxylamine groups is 1. The molecule has 0 bridgehead atoms. The standard InChI is InChI=1S/C28H21ClN4O5/c1-31-22(15-16-30-31)28(36)37-21-13-7-17(8-14-21)24-23-25(38-33(24)20-5-3-2-4-6-20)27(35)32(26(23)34)19-11-9-18(29)10-12-19/h2-16,23-25H,1H3/t23-,24-,25-/m1/s1. The molecule has 190 valence electrons. The number of fused-ring (bicyclic) bond motifs is 1. The van der Waals surface area contributed by atoms with Gasteiger partial charge >= 0.3 is 5.97 Å². The number of para-hydroxylation sites is 1. The summed E-state index contributed by atoms with van der Waals surface area (Å²) in [5.74, 6) is -1.80. The van der Waals surface area contributed by atoms with Crippen molar-refractivity contribution in [1.29, 1.82) is 0 Å². The number of halogens is 1. The van der Waals surface area contributed by atoms with E-state index in [1.807, 2.05) is 30.3 Å². The lowest BCUT2D eigenvalue weighted by Crippen LogP contribution is -2.37. The number of aryl methyl sites for hydroxylation is 1. The Morgan fingerprint density at radius 2 is 1.61 bits per heavy atom. The van der Waals surface area contributed by atoms with Crippen LogP contribution in [-0.4, -0.2) is 33.7 Å². The van der Waals surface area contributed by atoms with E-state index in [0.29, 0.717) is 27.8 Å². The number of hydrogen-bond acceptors (Lipinski definition) is 7. The van der Waals surface area contributed by atoms with Crippen LogP contribution < -0.4 is 14.7 Å². The zero-order valence-corrected chi connectivity index (χ0v) is 20.9. The van der Waals surface area contributed by atoms with Crippen molar-refractivity contribution >= 4 is 40.8 Å². The molecule has 4 aromatic rings. The Labute approximate surface area is 222 Å². The first-order valence-electron chi connectivity index (χ1n) is 11.9. The highest BCUT2D eigenvalue weighted by molar-refractivity contribution is 6.31. The number of carbonyl (C=O) groups is 3. The summed E-state index contributed by atoms with van der Waals surface area (Å²) in [4.78, 5) is 46.9. The quantitative estimate of drug-likeness (QED) is 0.216. The number of anilines is 2. The normalized spacial score (nSPS) is 20.6. The number of hydrogen-bond donors (Lipinski definition) is 0. The molecule has 3 heterocycles. The van der Waals surface area contributed by atoms with E-state index in [1.54, 1.807) is 66.7 Å². The van der Waals surface area contributed by atoms with Crippen molar-refractivity contribution in [1.82, 2.24) is 9.78 Å². The van der Waals surface area contributed by atoms with Gasteiger partial charge in [0.1, 0.15) is 17.4 Å². The van der Waals surface area contributed by atoms with E-state index in [9.17, 15) is 14.4 Å². The van der Waals surface area contributed by atoms with E-state index in [-0.39, 0.29) is 5.91 Å². The van der Waals surface area contributed by atoms with Crippen LogP contribution in [-0.2, 0) is 21.5 Å². The molecule has 0 aliphatic carbocycles. The summed E-state index contributed by atoms with van der Waals surface area (Å²) in [6.07, 6.45) is 0.521. The third-order valence-electron chi connectivity index (χ3n) is 6.67. The van der Waals surface area contributed by atoms with E-state index in [1.165, 1.54) is 10.9 Å². The average molecular weight is 529 g/mol. The second-order valence-electron chi connectivity index (χ2n) is 8.94. The van der Waals surface area contributed by atoms with Crippen molar-refractivity contribution in [2.75, 3.05) is 9.96 Å². The molecule has 38 heavy (non-hydrogen) atoms. The van der Waals surface area contributed by atoms with Crippen LogP contribution in [0.2, 0.25) is 5.02 Å². The molecule has 10 heteroatoms. The Morgan fingerprint density at radius 3 is 2.26 bits per heavy atom. The molecule has 2 amide bonds. The lowest BCUT2D eigenvalue weighted by molar-refractivity contribution is -0.126. The van der Waals surface area contributed by atoms with Crippen molar-refractivity contribution in [3.63, 3.8) is 0 Å². The zero-order valence-electron chi connectivity index (χ0n) is 20.1. The molecule has 2 aliphatic heterocycles. The first-order chi connectivity index (χ1) is 18.4. The Hall–Kier alpha value is -4.47. The number of nitrogens with zero attached hydrogens (tertiary/aromatic N) is 4. The van der Waals surface area contributed by atoms with Crippen LogP contribution in [0.25, 0.3) is 0 Å². The number of carbonyl (C=O) groups excluding carboxylic acids is 3. The van der Waals surface area contributed by atoms with Gasteiger partial charge in [0.25, 0.3) is 5.91 Å². The predicted molar refractivity (Wildman–Crippen MR) is 139 cm³/mol. The number of imide groups is 1. The highest BCUT2D eigenvalue weighted by Gasteiger charge is 2.60. The van der Waals surface area contributed by atoms with Gasteiger partial charge in [0, 0.05) is 18.3 Å². The summed E-state index contributed by atoms with van der Waals surface area (Å²) in [5.41, 5.74) is 2.18. The lowest BCUT2D eigenvalue weighted by atomic mass is 9.90. The van der Waals surface area contributed by atoms with Gasteiger partial charge in [0.05, 0.1) is 17.4 Å². The summed E-state index contributed by atoms with van der Waals surface area (Å²) in [7, 11) is 1.65. The molecule has 1 aromatic heterocycles. The first-order valence-corrected chi connectivity index (χ1v) is 12.2. The number of rotatable bonds is 5. The van der Waals surface area contributed by atoms with Crippen molar-refractivity contribution in [2.24, 2.45) is 13.0 Å². The fraction of sp³-hybridized carbons (Fsp3) is 0.143. The second kappa shape index (κ2) is 9.44. The molecular weight excluding hydrogens is 508 g/mol. The third-order valence-corrected chi connectivity index (χ3v) is 6.93. The van der Waals surface area contributed by atoms with Crippen LogP contribution in [0.3, 0.4) is 0 Å². The van der Waals surface area contributed by atoms with Gasteiger partial charge in [-0.2, -0.15) is 5.10 Å². The van der Waals surface area contributed by atoms with Gasteiger partial charge in [-0.05, 0) is 60.2 Å². The van der Waals surface area contributed by atoms with Crippen LogP contribution in [0.4, 0.5) is 11.4 Å². The van der Waals surface area contributed by atoms with Crippen molar-refractivity contribution in [2.45, 2.75) is 12.1 Å². The highest BCUT2D eigenvalue weighted by Crippen LogP contribution is 2.47. The molecule has 0 spiro atoms. The minimum absolute atomic E-state index is 0.314. The highest BCUT2D eigenvalue weighted by atomic mass is 35.5. The van der Waals surface area contributed by atoms with Gasteiger partial charge in [-0.3, -0.25) is 19.1 Å². The van der Waals surface area contributed by atoms with Crippen molar-refractivity contribution in [3.05, 3.63) is 107 Å². The summed E-state index contributed by atoms with van der Waals surface area (Å²) in [5, 5.41) is 6.10. The van der Waals surface area contributed by atoms with Gasteiger partial charge < -0.3 is 4.74 Å². The summed E-state index contributed by atoms with van der Waals surface area (Å²) in [6.45, 7) is 0. The van der Waals surface area contributed by atoms with E-state index < -0.39 is 29.9 Å². The largest absolute Gasteiger partial charge is 0.422 e. The van der Waals surface area contributed by atoms with Crippen LogP contribution in [0.1, 0.15) is 22.1 Å². The van der Waals surface area contributed by atoms with Gasteiger partial charge in [-0.1, -0.05) is 41.9 Å². The van der Waals surface area contributed by atoms with E-state index in [2.05, 4.69) is 5.10 Å². The molecular formula is C28H21ClN4O5. The molecule has 6 rings (SSSR count). The minimum atomic E-state index is -0.995. The molecule has 0 N–H and O–H groups in total. The Balaban J connectivity index is 1.33. The Kier molecular flexibility index (Phi) is 5.94. The topological polar surface area (TPSA) is 94.0 Å². The smallest absolute Gasteiger partial charge is 0.361 e. The van der Waals surface area contributed by atoms with Gasteiger partial charge in [0.15, 0.2) is 6.10 Å². The molecule has 2 fully saturated rings. The molecule has 2 aliphatic rings. The van der Waals surface area contributed by atoms with Gasteiger partial charge in [0.2, 0.25) is 5.91 Å². The number of amides is 2. The molecule has 9 nitrogen and oxygen atoms in total. The zero-order chi connectivity index (χ0) is 26.4. The predicted octanol–water partition coefficient (Wildman–Crippen LogP) is 4.34. The molecule has 0 radical (unpaired) electrons. The number of esters is 1. The maximum atomic E-state index is 13.7. The second-order valence-corrected chi connectivity index (χ2v) is 9.38. The number of aromatic nitrogens is 2. The molecule has 0 unspecified atom stereocenters. The fourth-order valence-electron chi connectivity index (χ4n) is 4.86. The van der Waals surface area contributed by atoms with Crippen LogP contribution >= 0.6 is 11.6 Å². The molecule has 3 aromatic carbocycles. The van der Waals surface area contributed by atoms with E-state index in [0.717, 1.165) is 10.5 Å². The Bertz CT molecular complexity index is 1520. The SMILES string of the molecule is Cn1nccc1C(=O)Oc1ccc([C@@H]2[C@H]3C(=O)N(c4ccc(Cl)cc4)C(=O)[C@@H]3ON2c2ccccc2)cc1. The van der Waals surface area contributed by atoms with E-state index >= 15 is 0 Å². The maximum absolute atomic E-state index is 13.7. The average Bonchev–Trinajstić information content (AvgIpc) is 3.60. The van der Waals surface area contributed by atoms with Crippen LogP contribution in [0.15, 0.2) is 91.1 Å². The molecule has 3 atom stereocenters. The van der Waals surface area contributed by atoms with Gasteiger partial charge in [-0.15, -0.1) is 0 Å². The van der Waals surface area contributed by atoms with Crippen molar-refractivity contribution < 1.29 is 24.0 Å². The maximum Gasteiger partial charge on any atom is 0.361 e. The Morgan fingerprint density at radius 1 is 0.895 bits per heavy atom. The van der Waals surface area contributed by atoms with Crippen LogP contribution in [0, 0.1) is 5.92 Å². The summed E-state index contributed by atoms with van der Waals surface area (Å²) < 4.78 is 6.92. The van der Waals surface area contributed by atoms with E-state index in [4.69, 9.17) is 21.2 Å². The summed E-state index contributed by atoms with van der Waals surface area (Å²) in [6, 6.07) is 23.6. The lowest BCUT2D eigenvalue weighted by Gasteiger charge is -2.28. The number of benzene rings is 3.